The van der Waals surface area contributed by atoms with Crippen molar-refractivity contribution in [3.63, 3.8) is 0 Å². The molecule has 0 aromatic carbocycles. The highest BCUT2D eigenvalue weighted by Gasteiger charge is 2.29. The second kappa shape index (κ2) is 7.30. The Morgan fingerprint density at radius 3 is 3.04 bits per heavy atom. The zero-order valence-electron chi connectivity index (χ0n) is 13.0. The van der Waals surface area contributed by atoms with Gasteiger partial charge in [-0.3, -0.25) is 4.79 Å². The average molecular weight is 370 g/mol. The van der Waals surface area contributed by atoms with Gasteiger partial charge in [0.1, 0.15) is 5.01 Å². The monoisotopic (exact) mass is 369 g/mol. The summed E-state index contributed by atoms with van der Waals surface area (Å²) < 4.78 is 0.751. The van der Waals surface area contributed by atoms with E-state index in [1.165, 1.54) is 11.3 Å². The van der Waals surface area contributed by atoms with Crippen LogP contribution in [0.5, 0.6) is 0 Å². The second-order valence-electron chi connectivity index (χ2n) is 5.93. The number of amides is 1. The number of carbonyl (C=O) groups is 1. The topological polar surface area (TPSA) is 59.2 Å². The number of thiazole rings is 1. The summed E-state index contributed by atoms with van der Waals surface area (Å²) >= 11 is 9.04. The number of carbonyl (C=O) groups excluding carboxylic acids is 1. The first kappa shape index (κ1) is 16.9. The van der Waals surface area contributed by atoms with Gasteiger partial charge in [0.05, 0.1) is 21.3 Å². The summed E-state index contributed by atoms with van der Waals surface area (Å²) in [6, 6.07) is 4.01. The molecule has 124 valence electrons. The lowest BCUT2D eigenvalue weighted by Crippen LogP contribution is -2.52. The van der Waals surface area contributed by atoms with Crippen molar-refractivity contribution in [1.82, 2.24) is 9.88 Å². The molecule has 1 aliphatic heterocycles. The molecule has 2 aromatic rings. The van der Waals surface area contributed by atoms with E-state index in [2.05, 4.69) is 4.98 Å². The van der Waals surface area contributed by atoms with Gasteiger partial charge in [0.15, 0.2) is 0 Å². The van der Waals surface area contributed by atoms with E-state index in [0.717, 1.165) is 45.7 Å². The number of nitrogens with zero attached hydrogens (tertiary/aromatic N) is 2. The Bertz CT molecular complexity index is 682. The van der Waals surface area contributed by atoms with E-state index in [1.54, 1.807) is 11.3 Å². The van der Waals surface area contributed by atoms with Crippen LogP contribution in [-0.4, -0.2) is 34.4 Å². The zero-order chi connectivity index (χ0) is 16.4. The lowest BCUT2D eigenvalue weighted by Gasteiger charge is -2.38. The largest absolute Gasteiger partial charge is 0.338 e. The predicted octanol–water partition coefficient (Wildman–Crippen LogP) is 3.80. The summed E-state index contributed by atoms with van der Waals surface area (Å²) in [6.07, 6.45) is 3.55. The minimum atomic E-state index is 0.0125. The second-order valence-corrected chi connectivity index (χ2v) is 8.51. The highest BCUT2D eigenvalue weighted by molar-refractivity contribution is 7.23. The van der Waals surface area contributed by atoms with Crippen molar-refractivity contribution in [2.75, 3.05) is 6.54 Å². The fourth-order valence-corrected chi connectivity index (χ4v) is 4.94. The Balaban J connectivity index is 1.69. The van der Waals surface area contributed by atoms with Gasteiger partial charge < -0.3 is 10.6 Å². The van der Waals surface area contributed by atoms with E-state index in [4.69, 9.17) is 17.3 Å². The van der Waals surface area contributed by atoms with Crippen molar-refractivity contribution in [1.29, 1.82) is 0 Å². The van der Waals surface area contributed by atoms with Crippen LogP contribution in [0.15, 0.2) is 17.5 Å². The highest BCUT2D eigenvalue weighted by Crippen LogP contribution is 2.33. The lowest BCUT2D eigenvalue weighted by molar-refractivity contribution is -0.134. The molecule has 1 fully saturated rings. The predicted molar refractivity (Wildman–Crippen MR) is 97.1 cm³/mol. The molecule has 0 aliphatic carbocycles. The van der Waals surface area contributed by atoms with Gasteiger partial charge in [-0.1, -0.05) is 11.6 Å². The Kier molecular flexibility index (Phi) is 5.36. The van der Waals surface area contributed by atoms with Crippen molar-refractivity contribution in [2.24, 2.45) is 5.73 Å². The maximum absolute atomic E-state index is 12.6. The van der Waals surface area contributed by atoms with Gasteiger partial charge in [0, 0.05) is 24.0 Å². The molecule has 23 heavy (non-hydrogen) atoms. The number of aromatic nitrogens is 1. The molecule has 2 N–H and O–H groups in total. The van der Waals surface area contributed by atoms with Crippen molar-refractivity contribution in [3.8, 4) is 9.88 Å². The normalized spacial score (nSPS) is 19.8. The number of nitrogens with two attached hydrogens (primary N) is 1. The van der Waals surface area contributed by atoms with Crippen molar-refractivity contribution >= 4 is 40.2 Å². The number of likely N-dealkylation sites (tertiary alicyclic amines) is 1. The van der Waals surface area contributed by atoms with E-state index in [1.807, 2.05) is 29.3 Å². The van der Waals surface area contributed by atoms with Crippen LogP contribution < -0.4 is 5.73 Å². The summed E-state index contributed by atoms with van der Waals surface area (Å²) in [5, 5.41) is 2.89. The van der Waals surface area contributed by atoms with Crippen LogP contribution >= 0.6 is 34.3 Å². The van der Waals surface area contributed by atoms with Gasteiger partial charge in [-0.25, -0.2) is 4.98 Å². The maximum atomic E-state index is 12.6. The third-order valence-corrected chi connectivity index (χ3v) is 6.44. The fraction of sp³-hybridized carbons (Fsp3) is 0.500. The van der Waals surface area contributed by atoms with Crippen LogP contribution in [0.4, 0.5) is 0 Å². The third-order valence-electron chi connectivity index (χ3n) is 4.14. The molecule has 1 saturated heterocycles. The number of hydrogen-bond acceptors (Lipinski definition) is 5. The van der Waals surface area contributed by atoms with Crippen LogP contribution in [0.25, 0.3) is 9.88 Å². The molecule has 4 nitrogen and oxygen atoms in total. The molecule has 0 saturated carbocycles. The Hall–Kier alpha value is -0.950. The smallest absolute Gasteiger partial charge is 0.228 e. The fourth-order valence-electron chi connectivity index (χ4n) is 3.00. The van der Waals surface area contributed by atoms with Crippen molar-refractivity contribution in [2.45, 2.75) is 44.7 Å². The average Bonchev–Trinajstić information content (AvgIpc) is 3.16. The molecule has 1 amide bonds. The standard InChI is InChI=1S/C16H20ClN3OS2/c1-10(18)12-4-2-3-7-20(12)15(21)8-11-9-22-16(19-11)13-5-6-14(17)23-13/h5-6,9-10,12H,2-4,7-8,18H2,1H3. The summed E-state index contributed by atoms with van der Waals surface area (Å²) in [5.74, 6) is 0.132. The maximum Gasteiger partial charge on any atom is 0.228 e. The molecule has 0 radical (unpaired) electrons. The van der Waals surface area contributed by atoms with Crippen LogP contribution in [0.2, 0.25) is 4.34 Å². The minimum Gasteiger partial charge on any atom is -0.338 e. The van der Waals surface area contributed by atoms with Crippen molar-refractivity contribution < 1.29 is 4.79 Å². The molecule has 3 heterocycles. The molecule has 2 atom stereocenters. The Morgan fingerprint density at radius 1 is 1.52 bits per heavy atom. The first-order chi connectivity index (χ1) is 11.0. The third kappa shape index (κ3) is 3.94. The minimum absolute atomic E-state index is 0.0125. The highest BCUT2D eigenvalue weighted by atomic mass is 35.5. The van der Waals surface area contributed by atoms with Crippen LogP contribution in [-0.2, 0) is 11.2 Å². The van der Waals surface area contributed by atoms with Crippen LogP contribution in [0, 0.1) is 0 Å². The molecular weight excluding hydrogens is 350 g/mol. The molecule has 0 spiro atoms. The SMILES string of the molecule is CC(N)C1CCCCN1C(=O)Cc1csc(-c2ccc(Cl)s2)n1. The van der Waals surface area contributed by atoms with E-state index in [-0.39, 0.29) is 18.0 Å². The zero-order valence-corrected chi connectivity index (χ0v) is 15.4. The van der Waals surface area contributed by atoms with Gasteiger partial charge in [-0.15, -0.1) is 22.7 Å². The van der Waals surface area contributed by atoms with Gasteiger partial charge in [0.2, 0.25) is 5.91 Å². The molecule has 1 aliphatic rings. The van der Waals surface area contributed by atoms with E-state index >= 15 is 0 Å². The number of hydrogen-bond donors (Lipinski definition) is 1. The summed E-state index contributed by atoms with van der Waals surface area (Å²) in [5.41, 5.74) is 6.88. The van der Waals surface area contributed by atoms with Gasteiger partial charge in [0.25, 0.3) is 0 Å². The summed E-state index contributed by atoms with van der Waals surface area (Å²) in [4.78, 5) is 20.2. The molecular formula is C16H20ClN3OS2. The van der Waals surface area contributed by atoms with Gasteiger partial charge in [-0.05, 0) is 38.3 Å². The van der Waals surface area contributed by atoms with Gasteiger partial charge in [-0.2, -0.15) is 0 Å². The van der Waals surface area contributed by atoms with E-state index in [0.29, 0.717) is 6.42 Å². The van der Waals surface area contributed by atoms with Crippen molar-refractivity contribution in [3.05, 3.63) is 27.5 Å². The molecule has 2 unspecified atom stereocenters. The Labute approximate surface area is 149 Å². The first-order valence-corrected chi connectivity index (χ1v) is 9.87. The summed E-state index contributed by atoms with van der Waals surface area (Å²) in [7, 11) is 0. The molecule has 3 rings (SSSR count). The summed E-state index contributed by atoms with van der Waals surface area (Å²) in [6.45, 7) is 2.79. The van der Waals surface area contributed by atoms with Crippen LogP contribution in [0.3, 0.4) is 0 Å². The number of piperidine rings is 1. The van der Waals surface area contributed by atoms with E-state index < -0.39 is 0 Å². The number of halogens is 1. The molecule has 2 aromatic heterocycles. The number of thiophene rings is 1. The van der Waals surface area contributed by atoms with E-state index in [9.17, 15) is 4.79 Å². The molecule has 0 bridgehead atoms. The first-order valence-electron chi connectivity index (χ1n) is 7.80. The lowest BCUT2D eigenvalue weighted by atomic mass is 9.96. The van der Waals surface area contributed by atoms with Gasteiger partial charge >= 0.3 is 0 Å². The van der Waals surface area contributed by atoms with Crippen LogP contribution in [0.1, 0.15) is 31.9 Å². The quantitative estimate of drug-likeness (QED) is 0.891. The number of rotatable bonds is 4. The molecule has 7 heteroatoms. The Morgan fingerprint density at radius 2 is 2.35 bits per heavy atom.